The van der Waals surface area contributed by atoms with E-state index in [-0.39, 0.29) is 11.6 Å². The Bertz CT molecular complexity index is 968. The normalized spacial score (nSPS) is 10.1. The van der Waals surface area contributed by atoms with Crippen LogP contribution in [0.5, 0.6) is 0 Å². The number of hydrazine groups is 1. The number of hydrogen-bond donors (Lipinski definition) is 3. The van der Waals surface area contributed by atoms with Gasteiger partial charge in [-0.1, -0.05) is 22.0 Å². The molecule has 0 bridgehead atoms. The highest BCUT2D eigenvalue weighted by Crippen LogP contribution is 2.30. The molecule has 0 radical (unpaired) electrons. The molecule has 3 rings (SSSR count). The van der Waals surface area contributed by atoms with Gasteiger partial charge < -0.3 is 5.32 Å². The van der Waals surface area contributed by atoms with E-state index in [1.807, 2.05) is 0 Å². The summed E-state index contributed by atoms with van der Waals surface area (Å²) in [6.07, 6.45) is 2.67. The molecule has 0 aliphatic carbocycles. The molecule has 0 unspecified atom stereocenters. The first-order valence-electron chi connectivity index (χ1n) is 7.54. The van der Waals surface area contributed by atoms with E-state index in [2.05, 4.69) is 47.1 Å². The Balaban J connectivity index is 1.80. The van der Waals surface area contributed by atoms with Crippen LogP contribution in [0.1, 0.15) is 10.4 Å². The first-order chi connectivity index (χ1) is 13.0. The molecule has 27 heavy (non-hydrogen) atoms. The number of nitro groups is 1. The number of nitrogens with zero attached hydrogens (tertiary/aromatic N) is 4. The van der Waals surface area contributed by atoms with Crippen LogP contribution in [-0.4, -0.2) is 25.8 Å². The number of pyridine rings is 1. The van der Waals surface area contributed by atoms with E-state index in [1.165, 1.54) is 6.20 Å². The Hall–Kier alpha value is -3.60. The fourth-order valence-electron chi connectivity index (χ4n) is 2.08. The fraction of sp³-hybridized carbons (Fsp3) is 0. The molecule has 10 nitrogen and oxygen atoms in total. The Morgan fingerprint density at radius 2 is 1.78 bits per heavy atom. The van der Waals surface area contributed by atoms with E-state index >= 15 is 0 Å². The number of benzene rings is 1. The van der Waals surface area contributed by atoms with Crippen molar-refractivity contribution in [2.45, 2.75) is 0 Å². The van der Waals surface area contributed by atoms with Crippen LogP contribution in [0.4, 0.5) is 23.1 Å². The maximum atomic E-state index is 12.2. The van der Waals surface area contributed by atoms with E-state index in [1.54, 1.807) is 42.5 Å². The molecule has 1 amide bonds. The lowest BCUT2D eigenvalue weighted by Crippen LogP contribution is -2.30. The third-order valence-corrected chi connectivity index (χ3v) is 3.85. The van der Waals surface area contributed by atoms with Gasteiger partial charge in [0.15, 0.2) is 0 Å². The van der Waals surface area contributed by atoms with Crippen LogP contribution in [0.25, 0.3) is 0 Å². The van der Waals surface area contributed by atoms with Gasteiger partial charge in [-0.25, -0.2) is 15.0 Å². The van der Waals surface area contributed by atoms with E-state index < -0.39 is 16.5 Å². The molecule has 11 heteroatoms. The summed E-state index contributed by atoms with van der Waals surface area (Å²) in [5.74, 6) is -0.327. The summed E-state index contributed by atoms with van der Waals surface area (Å²) in [5.41, 5.74) is 4.79. The van der Waals surface area contributed by atoms with Gasteiger partial charge in [-0.2, -0.15) is 0 Å². The summed E-state index contributed by atoms with van der Waals surface area (Å²) in [4.78, 5) is 34.8. The van der Waals surface area contributed by atoms with Gasteiger partial charge in [-0.05, 0) is 36.4 Å². The van der Waals surface area contributed by atoms with Crippen LogP contribution in [0.3, 0.4) is 0 Å². The number of amides is 1. The van der Waals surface area contributed by atoms with Crippen molar-refractivity contribution in [3.8, 4) is 0 Å². The molecule has 0 spiro atoms. The monoisotopic (exact) mass is 429 g/mol. The molecule has 0 atom stereocenters. The summed E-state index contributed by atoms with van der Waals surface area (Å²) in [6.45, 7) is 0. The quantitative estimate of drug-likeness (QED) is 0.401. The van der Waals surface area contributed by atoms with Crippen LogP contribution >= 0.6 is 15.9 Å². The van der Waals surface area contributed by atoms with Crippen molar-refractivity contribution in [3.63, 3.8) is 0 Å². The largest absolute Gasteiger partial charge is 0.355 e. The van der Waals surface area contributed by atoms with Crippen LogP contribution in [0, 0.1) is 10.1 Å². The van der Waals surface area contributed by atoms with Crippen molar-refractivity contribution in [1.82, 2.24) is 20.4 Å². The first-order valence-corrected chi connectivity index (χ1v) is 8.33. The number of hydrogen-bond acceptors (Lipinski definition) is 8. The highest BCUT2D eigenvalue weighted by Gasteiger charge is 2.24. The molecule has 3 N–H and O–H groups in total. The number of nitrogens with one attached hydrogen (secondary N) is 3. The standard InChI is InChI=1S/C16H12BrN7O3/c17-11-6-4-10(5-7-11)16(25)23-22-15-13(24(26)27)14(19-9-20-15)21-12-3-1-2-8-18-12/h1-9H,(H,23,25)(H2,18,19,20,21,22). The maximum absolute atomic E-state index is 12.2. The zero-order chi connectivity index (χ0) is 19.2. The number of rotatable bonds is 6. The molecule has 0 saturated carbocycles. The van der Waals surface area contributed by atoms with Crippen molar-refractivity contribution in [1.29, 1.82) is 0 Å². The van der Waals surface area contributed by atoms with E-state index in [0.29, 0.717) is 11.4 Å². The molecule has 3 aromatic rings. The van der Waals surface area contributed by atoms with Crippen LogP contribution < -0.4 is 16.2 Å². The Kier molecular flexibility index (Phi) is 5.52. The van der Waals surface area contributed by atoms with Gasteiger partial charge in [0, 0.05) is 16.2 Å². The van der Waals surface area contributed by atoms with E-state index in [0.717, 1.165) is 10.8 Å². The van der Waals surface area contributed by atoms with Gasteiger partial charge in [0.05, 0.1) is 4.92 Å². The van der Waals surface area contributed by atoms with Crippen LogP contribution in [-0.2, 0) is 0 Å². The summed E-state index contributed by atoms with van der Waals surface area (Å²) in [6, 6.07) is 11.7. The highest BCUT2D eigenvalue weighted by atomic mass is 79.9. The minimum absolute atomic E-state index is 0.0610. The van der Waals surface area contributed by atoms with Crippen molar-refractivity contribution in [2.24, 2.45) is 0 Å². The predicted octanol–water partition coefficient (Wildman–Crippen LogP) is 3.04. The Morgan fingerprint density at radius 1 is 1.04 bits per heavy atom. The van der Waals surface area contributed by atoms with Gasteiger partial charge in [0.25, 0.3) is 5.91 Å². The molecule has 0 fully saturated rings. The zero-order valence-corrected chi connectivity index (χ0v) is 15.2. The molecule has 2 heterocycles. The van der Waals surface area contributed by atoms with Gasteiger partial charge in [0.2, 0.25) is 11.6 Å². The van der Waals surface area contributed by atoms with Gasteiger partial charge in [-0.15, -0.1) is 0 Å². The maximum Gasteiger partial charge on any atom is 0.355 e. The average Bonchev–Trinajstić information content (AvgIpc) is 2.67. The lowest BCUT2D eigenvalue weighted by atomic mass is 10.2. The summed E-state index contributed by atoms with van der Waals surface area (Å²) < 4.78 is 0.823. The first kappa shape index (κ1) is 18.2. The Labute approximate surface area is 161 Å². The van der Waals surface area contributed by atoms with Crippen molar-refractivity contribution >= 4 is 45.0 Å². The van der Waals surface area contributed by atoms with E-state index in [9.17, 15) is 14.9 Å². The summed E-state index contributed by atoms with van der Waals surface area (Å²) >= 11 is 3.28. The number of anilines is 3. The molecule has 0 aliphatic rings. The number of halogens is 1. The molecular formula is C16H12BrN7O3. The van der Waals surface area contributed by atoms with Gasteiger partial charge in [-0.3, -0.25) is 25.8 Å². The van der Waals surface area contributed by atoms with Gasteiger partial charge >= 0.3 is 5.69 Å². The van der Waals surface area contributed by atoms with Crippen LogP contribution in [0.2, 0.25) is 0 Å². The SMILES string of the molecule is O=C(NNc1ncnc(Nc2ccccn2)c1[N+](=O)[O-])c1ccc(Br)cc1. The van der Waals surface area contributed by atoms with Gasteiger partial charge in [0.1, 0.15) is 12.1 Å². The van der Waals surface area contributed by atoms with Crippen LogP contribution in [0.15, 0.2) is 59.5 Å². The second-order valence-corrected chi connectivity index (χ2v) is 6.02. The zero-order valence-electron chi connectivity index (χ0n) is 13.6. The molecule has 0 aliphatic heterocycles. The third-order valence-electron chi connectivity index (χ3n) is 3.32. The molecule has 136 valence electrons. The lowest BCUT2D eigenvalue weighted by Gasteiger charge is -2.10. The Morgan fingerprint density at radius 3 is 2.44 bits per heavy atom. The topological polar surface area (TPSA) is 135 Å². The number of carbonyl (C=O) groups excluding carboxylic acids is 1. The predicted molar refractivity (Wildman–Crippen MR) is 101 cm³/mol. The third kappa shape index (κ3) is 4.52. The molecular weight excluding hydrogens is 418 g/mol. The number of carbonyl (C=O) groups is 1. The second-order valence-electron chi connectivity index (χ2n) is 5.10. The summed E-state index contributed by atoms with van der Waals surface area (Å²) in [5, 5.41) is 14.3. The highest BCUT2D eigenvalue weighted by molar-refractivity contribution is 9.10. The van der Waals surface area contributed by atoms with Crippen molar-refractivity contribution < 1.29 is 9.72 Å². The lowest BCUT2D eigenvalue weighted by molar-refractivity contribution is -0.383. The van der Waals surface area contributed by atoms with Crippen molar-refractivity contribution in [3.05, 3.63) is 75.1 Å². The fourth-order valence-corrected chi connectivity index (χ4v) is 2.35. The minimum atomic E-state index is -0.653. The average molecular weight is 430 g/mol. The minimum Gasteiger partial charge on any atom is -0.319 e. The molecule has 2 aromatic heterocycles. The van der Waals surface area contributed by atoms with E-state index in [4.69, 9.17) is 0 Å². The molecule has 0 saturated heterocycles. The second kappa shape index (κ2) is 8.19. The molecule has 1 aromatic carbocycles. The smallest absolute Gasteiger partial charge is 0.319 e. The summed E-state index contributed by atoms with van der Waals surface area (Å²) in [7, 11) is 0. The number of aromatic nitrogens is 3. The van der Waals surface area contributed by atoms with Crippen molar-refractivity contribution in [2.75, 3.05) is 10.7 Å².